The van der Waals surface area contributed by atoms with Crippen LogP contribution in [-0.4, -0.2) is 45.3 Å². The Morgan fingerprint density at radius 2 is 1.87 bits per heavy atom. The van der Waals surface area contributed by atoms with Gasteiger partial charge in [0.05, 0.1) is 36.3 Å². The van der Waals surface area contributed by atoms with E-state index >= 15 is 0 Å². The predicted octanol–water partition coefficient (Wildman–Crippen LogP) is 4.52. The highest BCUT2D eigenvalue weighted by Crippen LogP contribution is 2.30. The van der Waals surface area contributed by atoms with Crippen LogP contribution in [0.3, 0.4) is 0 Å². The van der Waals surface area contributed by atoms with Gasteiger partial charge in [-0.05, 0) is 30.3 Å². The summed E-state index contributed by atoms with van der Waals surface area (Å²) < 4.78 is 11.9. The number of nitrogens with zero attached hydrogens (tertiary/aromatic N) is 3. The summed E-state index contributed by atoms with van der Waals surface area (Å²) in [6, 6.07) is 18.0. The van der Waals surface area contributed by atoms with Crippen LogP contribution in [0.2, 0.25) is 0 Å². The molecule has 3 aromatic carbocycles. The minimum Gasteiger partial charge on any atom is -0.497 e. The monoisotopic (exact) mass is 531 g/mol. The Kier molecular flexibility index (Phi) is 6.71. The fourth-order valence-electron chi connectivity index (χ4n) is 4.01. The number of aromatic nitrogens is 3. The van der Waals surface area contributed by atoms with E-state index in [4.69, 9.17) is 14.5 Å². The van der Waals surface area contributed by atoms with E-state index in [0.29, 0.717) is 33.9 Å². The number of aromatic amines is 1. The Hall–Kier alpha value is -4.84. The van der Waals surface area contributed by atoms with Gasteiger partial charge in [0.15, 0.2) is 5.16 Å². The molecular formula is C26H21N5O6S. The summed E-state index contributed by atoms with van der Waals surface area (Å²) in [4.78, 5) is 45.0. The third kappa shape index (κ3) is 4.64. The largest absolute Gasteiger partial charge is 0.497 e. The minimum atomic E-state index is -0.515. The molecule has 2 aromatic heterocycles. The molecule has 0 fully saturated rings. The van der Waals surface area contributed by atoms with Gasteiger partial charge in [0.2, 0.25) is 5.91 Å². The number of methoxy groups -OCH3 is 2. The van der Waals surface area contributed by atoms with Crippen LogP contribution >= 0.6 is 11.8 Å². The number of nitro benzene ring substituents is 1. The zero-order valence-corrected chi connectivity index (χ0v) is 21.1. The van der Waals surface area contributed by atoms with Crippen molar-refractivity contribution in [1.29, 1.82) is 0 Å². The molecule has 192 valence electrons. The van der Waals surface area contributed by atoms with Gasteiger partial charge in [-0.1, -0.05) is 30.0 Å². The number of nitrogens with one attached hydrogen (secondary N) is 2. The number of ether oxygens (including phenoxy) is 2. The summed E-state index contributed by atoms with van der Waals surface area (Å²) in [6.07, 6.45) is 0. The zero-order valence-electron chi connectivity index (χ0n) is 20.3. The number of anilines is 1. The first-order chi connectivity index (χ1) is 18.4. The minimum absolute atomic E-state index is 0.0670. The number of hydrogen-bond acceptors (Lipinski definition) is 8. The van der Waals surface area contributed by atoms with Crippen LogP contribution in [0.4, 0.5) is 11.4 Å². The molecule has 0 aliphatic heterocycles. The normalized spacial score (nSPS) is 11.0. The Labute approximate surface area is 219 Å². The maximum atomic E-state index is 13.6. The van der Waals surface area contributed by atoms with Crippen molar-refractivity contribution in [3.05, 3.63) is 87.2 Å². The number of rotatable bonds is 8. The predicted molar refractivity (Wildman–Crippen MR) is 145 cm³/mol. The Bertz CT molecular complexity index is 1750. The van der Waals surface area contributed by atoms with Crippen LogP contribution in [0.25, 0.3) is 27.6 Å². The highest BCUT2D eigenvalue weighted by atomic mass is 32.2. The first-order valence-corrected chi connectivity index (χ1v) is 12.3. The summed E-state index contributed by atoms with van der Waals surface area (Å²) in [5.41, 5.74) is 1.86. The molecule has 1 amide bonds. The fourth-order valence-corrected chi connectivity index (χ4v) is 4.81. The molecule has 5 aromatic rings. The van der Waals surface area contributed by atoms with E-state index in [2.05, 4.69) is 10.3 Å². The lowest BCUT2D eigenvalue weighted by Crippen LogP contribution is -2.23. The number of hydrogen-bond donors (Lipinski definition) is 2. The second kappa shape index (κ2) is 10.3. The topological polar surface area (TPSA) is 141 Å². The van der Waals surface area contributed by atoms with Gasteiger partial charge in [-0.15, -0.1) is 0 Å². The lowest BCUT2D eigenvalue weighted by Gasteiger charge is -2.13. The highest BCUT2D eigenvalue weighted by molar-refractivity contribution is 7.99. The average Bonchev–Trinajstić information content (AvgIpc) is 3.31. The van der Waals surface area contributed by atoms with Crippen molar-refractivity contribution in [3.8, 4) is 17.2 Å². The lowest BCUT2D eigenvalue weighted by molar-refractivity contribution is -0.384. The van der Waals surface area contributed by atoms with Gasteiger partial charge >= 0.3 is 0 Å². The van der Waals surface area contributed by atoms with Crippen molar-refractivity contribution in [2.24, 2.45) is 0 Å². The Balaban J connectivity index is 1.52. The molecular weight excluding hydrogens is 510 g/mol. The first-order valence-electron chi connectivity index (χ1n) is 11.3. The van der Waals surface area contributed by atoms with E-state index in [1.165, 1.54) is 43.1 Å². The molecule has 38 heavy (non-hydrogen) atoms. The van der Waals surface area contributed by atoms with E-state index < -0.39 is 4.92 Å². The van der Waals surface area contributed by atoms with Crippen molar-refractivity contribution in [2.75, 3.05) is 25.3 Å². The summed E-state index contributed by atoms with van der Waals surface area (Å²) >= 11 is 1.07. The number of H-pyrrole nitrogens is 1. The molecule has 2 heterocycles. The number of thioether (sulfide) groups is 1. The van der Waals surface area contributed by atoms with Crippen molar-refractivity contribution >= 4 is 51.0 Å². The number of carbonyl (C=O) groups excluding carboxylic acids is 1. The molecule has 11 nitrogen and oxygen atoms in total. The average molecular weight is 532 g/mol. The standard InChI is InChI=1S/C26H21N5O6S/c1-36-17-11-12-20(21(13-17)37-2)27-22(32)14-38-26-29-23-18-5-3-4-6-19(18)28-24(23)25(33)30(26)15-7-9-16(10-8-15)31(34)35/h3-13,28H,14H2,1-2H3,(H,27,32). The molecule has 0 saturated heterocycles. The van der Waals surface area contributed by atoms with Gasteiger partial charge in [0, 0.05) is 29.1 Å². The smallest absolute Gasteiger partial charge is 0.283 e. The summed E-state index contributed by atoms with van der Waals surface area (Å²) in [5.74, 6) is 0.603. The van der Waals surface area contributed by atoms with Crippen molar-refractivity contribution in [2.45, 2.75) is 5.16 Å². The van der Waals surface area contributed by atoms with Gasteiger partial charge in [-0.3, -0.25) is 24.3 Å². The third-order valence-electron chi connectivity index (χ3n) is 5.83. The number of nitro groups is 1. The van der Waals surface area contributed by atoms with Crippen molar-refractivity contribution < 1.29 is 19.2 Å². The Morgan fingerprint density at radius 1 is 1.11 bits per heavy atom. The SMILES string of the molecule is COc1ccc(NC(=O)CSc2nc3c([nH]c4ccccc43)c(=O)n2-c2ccc([N+](=O)[O-])cc2)c(OC)c1. The van der Waals surface area contributed by atoms with Crippen LogP contribution < -0.4 is 20.3 Å². The second-order valence-corrected chi connectivity index (χ2v) is 9.05. The number of fused-ring (bicyclic) bond motifs is 3. The second-order valence-electron chi connectivity index (χ2n) is 8.11. The quantitative estimate of drug-likeness (QED) is 0.129. The van der Waals surface area contributed by atoms with E-state index in [-0.39, 0.29) is 28.1 Å². The summed E-state index contributed by atoms with van der Waals surface area (Å²) in [5, 5.41) is 15.0. The lowest BCUT2D eigenvalue weighted by atomic mass is 10.2. The number of para-hydroxylation sites is 1. The fraction of sp³-hybridized carbons (Fsp3) is 0.115. The highest BCUT2D eigenvalue weighted by Gasteiger charge is 2.19. The Morgan fingerprint density at radius 3 is 2.58 bits per heavy atom. The van der Waals surface area contributed by atoms with Crippen LogP contribution in [0.5, 0.6) is 11.5 Å². The van der Waals surface area contributed by atoms with Crippen LogP contribution in [0.15, 0.2) is 76.7 Å². The van der Waals surface area contributed by atoms with Gasteiger partial charge < -0.3 is 19.8 Å². The third-order valence-corrected chi connectivity index (χ3v) is 6.77. The molecule has 0 aliphatic rings. The number of amides is 1. The van der Waals surface area contributed by atoms with Gasteiger partial charge in [-0.2, -0.15) is 0 Å². The maximum absolute atomic E-state index is 13.6. The molecule has 12 heteroatoms. The molecule has 0 saturated carbocycles. The summed E-state index contributed by atoms with van der Waals surface area (Å²) in [7, 11) is 3.02. The molecule has 2 N–H and O–H groups in total. The van der Waals surface area contributed by atoms with Crippen LogP contribution in [0.1, 0.15) is 0 Å². The number of non-ortho nitro benzene ring substituents is 1. The van der Waals surface area contributed by atoms with Crippen molar-refractivity contribution in [3.63, 3.8) is 0 Å². The summed E-state index contributed by atoms with van der Waals surface area (Å²) in [6.45, 7) is 0. The molecule has 0 unspecified atom stereocenters. The molecule has 0 atom stereocenters. The number of carbonyl (C=O) groups is 1. The van der Waals surface area contributed by atoms with Crippen molar-refractivity contribution in [1.82, 2.24) is 14.5 Å². The molecule has 0 radical (unpaired) electrons. The molecule has 0 aliphatic carbocycles. The van der Waals surface area contributed by atoms with Crippen LogP contribution in [-0.2, 0) is 4.79 Å². The maximum Gasteiger partial charge on any atom is 0.283 e. The van der Waals surface area contributed by atoms with E-state index in [1.54, 1.807) is 18.2 Å². The first kappa shape index (κ1) is 24.8. The van der Waals surface area contributed by atoms with E-state index in [9.17, 15) is 19.7 Å². The zero-order chi connectivity index (χ0) is 26.8. The van der Waals surface area contributed by atoms with Gasteiger partial charge in [0.1, 0.15) is 22.5 Å². The van der Waals surface area contributed by atoms with Gasteiger partial charge in [-0.25, -0.2) is 4.98 Å². The molecule has 0 spiro atoms. The van der Waals surface area contributed by atoms with E-state index in [0.717, 1.165) is 22.7 Å². The molecule has 5 rings (SSSR count). The molecule has 0 bridgehead atoms. The van der Waals surface area contributed by atoms with E-state index in [1.807, 2.05) is 24.3 Å². The van der Waals surface area contributed by atoms with Crippen LogP contribution in [0, 0.1) is 10.1 Å². The van der Waals surface area contributed by atoms with Gasteiger partial charge in [0.25, 0.3) is 11.2 Å². The number of benzene rings is 3.